The van der Waals surface area contributed by atoms with Crippen molar-refractivity contribution in [1.82, 2.24) is 4.90 Å². The number of methoxy groups -OCH3 is 1. The third-order valence-electron chi connectivity index (χ3n) is 0.750. The Balaban J connectivity index is 3.14. The van der Waals surface area contributed by atoms with Crippen LogP contribution in [0.15, 0.2) is 0 Å². The lowest BCUT2D eigenvalue weighted by atomic mass is 10.8. The van der Waals surface area contributed by atoms with Gasteiger partial charge in [-0.25, -0.2) is 0 Å². The van der Waals surface area contributed by atoms with Crippen LogP contribution < -0.4 is 5.73 Å². The molecule has 0 bridgehead atoms. The smallest absolute Gasteiger partial charge is 0.162 e. The molecule has 0 saturated carbocycles. The summed E-state index contributed by atoms with van der Waals surface area (Å²) in [5.41, 5.74) is 5.32. The van der Waals surface area contributed by atoms with Crippen molar-refractivity contribution >= 4 is 0 Å². The van der Waals surface area contributed by atoms with Gasteiger partial charge in [0, 0.05) is 7.11 Å². The Bertz CT molecular complexity index is 47.0. The zero-order valence-corrected chi connectivity index (χ0v) is 5.01. The van der Waals surface area contributed by atoms with Crippen molar-refractivity contribution < 1.29 is 4.74 Å². The van der Waals surface area contributed by atoms with E-state index in [0.29, 0.717) is 0 Å². The summed E-state index contributed by atoms with van der Waals surface area (Å²) in [6, 6.07) is 0. The average molecular weight is 104 g/mol. The molecule has 1 atom stereocenters. The first-order chi connectivity index (χ1) is 3.18. The van der Waals surface area contributed by atoms with E-state index in [-0.39, 0.29) is 6.35 Å². The molecule has 0 rings (SSSR count). The highest BCUT2D eigenvalue weighted by molar-refractivity contribution is 4.37. The highest BCUT2D eigenvalue weighted by atomic mass is 16.5. The summed E-state index contributed by atoms with van der Waals surface area (Å²) in [4.78, 5) is 1.78. The van der Waals surface area contributed by atoms with Crippen LogP contribution in [0.1, 0.15) is 0 Å². The van der Waals surface area contributed by atoms with E-state index in [1.165, 1.54) is 0 Å². The second-order valence-electron chi connectivity index (χ2n) is 1.59. The van der Waals surface area contributed by atoms with Gasteiger partial charge < -0.3 is 4.74 Å². The van der Waals surface area contributed by atoms with E-state index in [0.717, 1.165) is 0 Å². The largest absolute Gasteiger partial charge is 0.353 e. The summed E-state index contributed by atoms with van der Waals surface area (Å²) < 4.78 is 4.72. The molecule has 0 aromatic rings. The first-order valence-electron chi connectivity index (χ1n) is 2.13. The summed E-state index contributed by atoms with van der Waals surface area (Å²) >= 11 is 0. The normalized spacial score (nSPS) is 15.0. The van der Waals surface area contributed by atoms with Crippen molar-refractivity contribution in [2.75, 3.05) is 21.2 Å². The Morgan fingerprint density at radius 1 is 1.57 bits per heavy atom. The molecule has 0 spiro atoms. The molecular formula is C4H12N2O. The molecule has 3 heteroatoms. The van der Waals surface area contributed by atoms with Crippen molar-refractivity contribution in [3.05, 3.63) is 0 Å². The summed E-state index contributed by atoms with van der Waals surface area (Å²) in [5, 5.41) is 0. The van der Waals surface area contributed by atoms with E-state index in [4.69, 9.17) is 10.5 Å². The van der Waals surface area contributed by atoms with Crippen LogP contribution in [0.2, 0.25) is 0 Å². The topological polar surface area (TPSA) is 38.5 Å². The minimum absolute atomic E-state index is 0.264. The van der Waals surface area contributed by atoms with Gasteiger partial charge >= 0.3 is 0 Å². The molecule has 1 unspecified atom stereocenters. The highest BCUT2D eigenvalue weighted by Crippen LogP contribution is 1.79. The van der Waals surface area contributed by atoms with Gasteiger partial charge in [0.15, 0.2) is 6.35 Å². The van der Waals surface area contributed by atoms with E-state index < -0.39 is 0 Å². The fraction of sp³-hybridized carbons (Fsp3) is 1.00. The lowest BCUT2D eigenvalue weighted by molar-refractivity contribution is 0.00194. The molecule has 0 aliphatic carbocycles. The van der Waals surface area contributed by atoms with Gasteiger partial charge in [0.1, 0.15) is 0 Å². The Labute approximate surface area is 44.0 Å². The Morgan fingerprint density at radius 2 is 2.00 bits per heavy atom. The van der Waals surface area contributed by atoms with Crippen molar-refractivity contribution in [3.8, 4) is 0 Å². The molecule has 0 fully saturated rings. The van der Waals surface area contributed by atoms with Crippen molar-refractivity contribution in [1.29, 1.82) is 0 Å². The molecule has 0 saturated heterocycles. The number of nitrogens with two attached hydrogens (primary N) is 1. The standard InChI is InChI=1S/C4H12N2O/c1-6(2)4(5)7-3/h4H,5H2,1-3H3. The maximum Gasteiger partial charge on any atom is 0.162 e. The van der Waals surface area contributed by atoms with Crippen molar-refractivity contribution in [2.24, 2.45) is 5.73 Å². The van der Waals surface area contributed by atoms with Gasteiger partial charge in [0.25, 0.3) is 0 Å². The van der Waals surface area contributed by atoms with Gasteiger partial charge in [0.2, 0.25) is 0 Å². The molecule has 2 N–H and O–H groups in total. The number of hydrogen-bond acceptors (Lipinski definition) is 3. The quantitative estimate of drug-likeness (QED) is 0.477. The lowest BCUT2D eigenvalue weighted by Gasteiger charge is -2.16. The number of ether oxygens (including phenoxy) is 1. The molecule has 3 nitrogen and oxygen atoms in total. The zero-order valence-electron chi connectivity index (χ0n) is 5.01. The molecule has 0 radical (unpaired) electrons. The van der Waals surface area contributed by atoms with Crippen LogP contribution in [0.3, 0.4) is 0 Å². The predicted molar refractivity (Wildman–Crippen MR) is 28.7 cm³/mol. The minimum Gasteiger partial charge on any atom is -0.353 e. The van der Waals surface area contributed by atoms with Crippen molar-refractivity contribution in [2.45, 2.75) is 6.35 Å². The fourth-order valence-corrected chi connectivity index (χ4v) is 0.211. The van der Waals surface area contributed by atoms with Crippen LogP contribution in [0.5, 0.6) is 0 Å². The second-order valence-corrected chi connectivity index (χ2v) is 1.59. The lowest BCUT2D eigenvalue weighted by Crippen LogP contribution is -2.37. The van der Waals surface area contributed by atoms with Gasteiger partial charge in [0.05, 0.1) is 0 Å². The first-order valence-corrected chi connectivity index (χ1v) is 2.13. The predicted octanol–water partition coefficient (Wildman–Crippen LogP) is -0.563. The fourth-order valence-electron chi connectivity index (χ4n) is 0.211. The minimum atomic E-state index is -0.264. The zero-order chi connectivity index (χ0) is 5.86. The Kier molecular flexibility index (Phi) is 2.91. The van der Waals surface area contributed by atoms with Crippen molar-refractivity contribution in [3.63, 3.8) is 0 Å². The molecule has 0 heterocycles. The average Bonchev–Trinajstić information content (AvgIpc) is 1.65. The summed E-state index contributed by atoms with van der Waals surface area (Å²) in [6.07, 6.45) is -0.264. The van der Waals surface area contributed by atoms with Gasteiger partial charge in [-0.3, -0.25) is 10.6 Å². The van der Waals surface area contributed by atoms with E-state index in [9.17, 15) is 0 Å². The second kappa shape index (κ2) is 2.96. The summed E-state index contributed by atoms with van der Waals surface area (Å²) in [5.74, 6) is 0. The van der Waals surface area contributed by atoms with Crippen LogP contribution in [0, 0.1) is 0 Å². The maximum absolute atomic E-state index is 5.32. The maximum atomic E-state index is 5.32. The molecular weight excluding hydrogens is 92.1 g/mol. The van der Waals surface area contributed by atoms with Gasteiger partial charge in [-0.2, -0.15) is 0 Å². The monoisotopic (exact) mass is 104 g/mol. The number of nitrogens with zero attached hydrogens (tertiary/aromatic N) is 1. The van der Waals surface area contributed by atoms with Crippen LogP contribution in [0.25, 0.3) is 0 Å². The first kappa shape index (κ1) is 6.88. The Morgan fingerprint density at radius 3 is 2.00 bits per heavy atom. The molecule has 0 amide bonds. The van der Waals surface area contributed by atoms with E-state index in [1.54, 1.807) is 12.0 Å². The number of hydrogen-bond donors (Lipinski definition) is 1. The molecule has 0 aliphatic heterocycles. The summed E-state index contributed by atoms with van der Waals surface area (Å²) in [6.45, 7) is 0. The van der Waals surface area contributed by atoms with Crippen LogP contribution in [-0.2, 0) is 4.74 Å². The molecule has 0 aliphatic rings. The number of rotatable bonds is 2. The van der Waals surface area contributed by atoms with Crippen LogP contribution in [0.4, 0.5) is 0 Å². The van der Waals surface area contributed by atoms with Gasteiger partial charge in [-0.05, 0) is 14.1 Å². The Hall–Kier alpha value is -0.120. The van der Waals surface area contributed by atoms with Crippen LogP contribution in [-0.4, -0.2) is 32.5 Å². The third-order valence-corrected chi connectivity index (χ3v) is 0.750. The molecule has 44 valence electrons. The highest BCUT2D eigenvalue weighted by Gasteiger charge is 1.97. The molecule has 7 heavy (non-hydrogen) atoms. The molecule has 0 aromatic carbocycles. The van der Waals surface area contributed by atoms with Gasteiger partial charge in [-0.15, -0.1) is 0 Å². The van der Waals surface area contributed by atoms with Gasteiger partial charge in [-0.1, -0.05) is 0 Å². The summed E-state index contributed by atoms with van der Waals surface area (Å²) in [7, 11) is 5.28. The molecule has 0 aromatic heterocycles. The third kappa shape index (κ3) is 2.56. The van der Waals surface area contributed by atoms with Crippen LogP contribution >= 0.6 is 0 Å². The van der Waals surface area contributed by atoms with E-state index in [1.807, 2.05) is 14.1 Å². The van der Waals surface area contributed by atoms with E-state index in [2.05, 4.69) is 0 Å². The SMILES string of the molecule is COC(N)N(C)C. The van der Waals surface area contributed by atoms with E-state index >= 15 is 0 Å².